The lowest BCUT2D eigenvalue weighted by Gasteiger charge is -2.39. The number of nitrogens with zero attached hydrogens (tertiary/aromatic N) is 1. The van der Waals surface area contributed by atoms with Crippen molar-refractivity contribution in [3.05, 3.63) is 56.2 Å². The molecule has 1 amide bonds. The first-order valence-electron chi connectivity index (χ1n) is 8.48. The Bertz CT molecular complexity index is 815. The van der Waals surface area contributed by atoms with Crippen molar-refractivity contribution in [3.8, 4) is 0 Å². The lowest BCUT2D eigenvalue weighted by atomic mass is 9.72. The summed E-state index contributed by atoms with van der Waals surface area (Å²) >= 11 is 4.93. The number of hydrogen-bond donors (Lipinski definition) is 0. The van der Waals surface area contributed by atoms with E-state index in [1.807, 2.05) is 12.1 Å². The SMILES string of the molecule is CN(Cc1ccc(Br)s1)C(=O)C1(c2cccc(C(F)(F)F)c2)CCOCC1. The van der Waals surface area contributed by atoms with Gasteiger partial charge in [-0.1, -0.05) is 18.2 Å². The molecular weight excluding hydrogens is 443 g/mol. The number of thiophene rings is 1. The molecule has 1 aromatic carbocycles. The number of benzene rings is 1. The molecule has 2 heterocycles. The van der Waals surface area contributed by atoms with E-state index in [9.17, 15) is 18.0 Å². The van der Waals surface area contributed by atoms with Crippen LogP contribution in [0.3, 0.4) is 0 Å². The lowest BCUT2D eigenvalue weighted by Crippen LogP contribution is -2.48. The molecule has 0 aliphatic carbocycles. The van der Waals surface area contributed by atoms with Crippen molar-refractivity contribution in [3.63, 3.8) is 0 Å². The van der Waals surface area contributed by atoms with Gasteiger partial charge in [-0.05, 0) is 52.5 Å². The Morgan fingerprint density at radius 2 is 1.96 bits per heavy atom. The summed E-state index contributed by atoms with van der Waals surface area (Å²) in [6.07, 6.45) is -3.71. The molecule has 3 rings (SSSR count). The smallest absolute Gasteiger partial charge is 0.381 e. The highest BCUT2D eigenvalue weighted by Crippen LogP contribution is 2.40. The molecule has 1 saturated heterocycles. The molecule has 0 bridgehead atoms. The summed E-state index contributed by atoms with van der Waals surface area (Å²) in [5.74, 6) is -0.172. The number of hydrogen-bond acceptors (Lipinski definition) is 3. The fourth-order valence-electron chi connectivity index (χ4n) is 3.45. The van der Waals surface area contributed by atoms with E-state index in [-0.39, 0.29) is 5.91 Å². The minimum atomic E-state index is -4.44. The second kappa shape index (κ2) is 7.93. The molecule has 146 valence electrons. The summed E-state index contributed by atoms with van der Waals surface area (Å²) in [6, 6.07) is 8.98. The number of halogens is 4. The quantitative estimate of drug-likeness (QED) is 0.623. The highest BCUT2D eigenvalue weighted by atomic mass is 79.9. The van der Waals surface area contributed by atoms with E-state index < -0.39 is 17.2 Å². The lowest BCUT2D eigenvalue weighted by molar-refractivity contribution is -0.141. The van der Waals surface area contributed by atoms with Crippen molar-refractivity contribution in [2.75, 3.05) is 20.3 Å². The molecule has 0 unspecified atom stereocenters. The van der Waals surface area contributed by atoms with Gasteiger partial charge in [0.05, 0.1) is 21.3 Å². The van der Waals surface area contributed by atoms with E-state index in [1.165, 1.54) is 17.4 Å². The van der Waals surface area contributed by atoms with Crippen LogP contribution in [0.1, 0.15) is 28.8 Å². The van der Waals surface area contributed by atoms with Crippen molar-refractivity contribution >= 4 is 33.2 Å². The topological polar surface area (TPSA) is 29.5 Å². The highest BCUT2D eigenvalue weighted by molar-refractivity contribution is 9.11. The molecule has 3 nitrogen and oxygen atoms in total. The van der Waals surface area contributed by atoms with Crippen molar-refractivity contribution < 1.29 is 22.7 Å². The van der Waals surface area contributed by atoms with Gasteiger partial charge in [-0.15, -0.1) is 11.3 Å². The molecule has 0 spiro atoms. The molecule has 0 N–H and O–H groups in total. The number of likely N-dealkylation sites (N-methyl/N-ethyl adjacent to an activating group) is 1. The van der Waals surface area contributed by atoms with Crippen LogP contribution in [0.25, 0.3) is 0 Å². The number of ether oxygens (including phenoxy) is 1. The van der Waals surface area contributed by atoms with Crippen LogP contribution in [0.15, 0.2) is 40.2 Å². The Labute approximate surface area is 168 Å². The van der Waals surface area contributed by atoms with Gasteiger partial charge < -0.3 is 9.64 Å². The summed E-state index contributed by atoms with van der Waals surface area (Å²) in [4.78, 5) is 16.0. The Morgan fingerprint density at radius 1 is 1.26 bits per heavy atom. The number of rotatable bonds is 4. The molecule has 0 saturated carbocycles. The summed E-state index contributed by atoms with van der Waals surface area (Å²) in [6.45, 7) is 1.11. The minimum Gasteiger partial charge on any atom is -0.381 e. The van der Waals surface area contributed by atoms with E-state index in [0.717, 1.165) is 20.8 Å². The van der Waals surface area contributed by atoms with Crippen LogP contribution in [0.4, 0.5) is 13.2 Å². The number of carbonyl (C=O) groups is 1. The maximum atomic E-state index is 13.4. The minimum absolute atomic E-state index is 0.172. The van der Waals surface area contributed by atoms with Crippen molar-refractivity contribution in [1.82, 2.24) is 4.90 Å². The molecule has 0 atom stereocenters. The third-order valence-corrected chi connectivity index (χ3v) is 6.48. The zero-order valence-electron chi connectivity index (χ0n) is 14.7. The summed E-state index contributed by atoms with van der Waals surface area (Å²) in [5, 5.41) is 0. The molecule has 2 aromatic rings. The first kappa shape index (κ1) is 20.4. The zero-order chi connectivity index (χ0) is 19.7. The Balaban J connectivity index is 1.94. The monoisotopic (exact) mass is 461 g/mol. The van der Waals surface area contributed by atoms with Gasteiger partial charge in [0.1, 0.15) is 0 Å². The average molecular weight is 462 g/mol. The van der Waals surface area contributed by atoms with Crippen LogP contribution in [-0.2, 0) is 27.7 Å². The molecule has 27 heavy (non-hydrogen) atoms. The maximum Gasteiger partial charge on any atom is 0.416 e. The molecule has 8 heteroatoms. The first-order valence-corrected chi connectivity index (χ1v) is 10.1. The van der Waals surface area contributed by atoms with Crippen molar-refractivity contribution in [1.29, 1.82) is 0 Å². The summed E-state index contributed by atoms with van der Waals surface area (Å²) in [5.41, 5.74) is -1.32. The van der Waals surface area contributed by atoms with Crippen molar-refractivity contribution in [2.24, 2.45) is 0 Å². The maximum absolute atomic E-state index is 13.4. The number of carbonyl (C=O) groups excluding carboxylic acids is 1. The standard InChI is InChI=1S/C19H19BrF3NO2S/c1-24(12-15-5-6-16(20)27-15)17(25)18(7-9-26-10-8-18)13-3-2-4-14(11-13)19(21,22)23/h2-6,11H,7-10,12H2,1H3. The van der Waals surface area contributed by atoms with E-state index in [4.69, 9.17) is 4.74 Å². The van der Waals surface area contributed by atoms with Gasteiger partial charge in [0, 0.05) is 25.1 Å². The Hall–Kier alpha value is -1.38. The molecule has 1 fully saturated rings. The van der Waals surface area contributed by atoms with Crippen LogP contribution in [0.2, 0.25) is 0 Å². The van der Waals surface area contributed by atoms with Crippen LogP contribution in [-0.4, -0.2) is 31.1 Å². The second-order valence-corrected chi connectivity index (χ2v) is 9.19. The Morgan fingerprint density at radius 3 is 2.56 bits per heavy atom. The third-order valence-electron chi connectivity index (χ3n) is 4.87. The second-order valence-electron chi connectivity index (χ2n) is 6.64. The first-order chi connectivity index (χ1) is 12.7. The van der Waals surface area contributed by atoms with Gasteiger partial charge in [-0.3, -0.25) is 4.79 Å². The molecule has 1 aliphatic heterocycles. The fourth-order valence-corrected chi connectivity index (χ4v) is 4.98. The van der Waals surface area contributed by atoms with Gasteiger partial charge >= 0.3 is 6.18 Å². The van der Waals surface area contributed by atoms with Gasteiger partial charge in [-0.2, -0.15) is 13.2 Å². The fraction of sp³-hybridized carbons (Fsp3) is 0.421. The number of alkyl halides is 3. The molecule has 0 radical (unpaired) electrons. The van der Waals surface area contributed by atoms with E-state index in [2.05, 4.69) is 15.9 Å². The summed E-state index contributed by atoms with van der Waals surface area (Å²) in [7, 11) is 1.70. The number of amides is 1. The van der Waals surface area contributed by atoms with Crippen LogP contribution >= 0.6 is 27.3 Å². The summed E-state index contributed by atoms with van der Waals surface area (Å²) < 4.78 is 45.9. The van der Waals surface area contributed by atoms with Crippen LogP contribution < -0.4 is 0 Å². The largest absolute Gasteiger partial charge is 0.416 e. The highest BCUT2D eigenvalue weighted by Gasteiger charge is 2.44. The average Bonchev–Trinajstić information content (AvgIpc) is 3.05. The van der Waals surface area contributed by atoms with Gasteiger partial charge in [0.25, 0.3) is 0 Å². The normalized spacial score (nSPS) is 16.9. The van der Waals surface area contributed by atoms with Crippen molar-refractivity contribution in [2.45, 2.75) is 31.0 Å². The molecular formula is C19H19BrF3NO2S. The Kier molecular flexibility index (Phi) is 5.98. The van der Waals surface area contributed by atoms with Crippen LogP contribution in [0.5, 0.6) is 0 Å². The molecule has 1 aliphatic rings. The van der Waals surface area contributed by atoms with Gasteiger partial charge in [-0.25, -0.2) is 0 Å². The predicted molar refractivity (Wildman–Crippen MR) is 102 cm³/mol. The molecule has 1 aromatic heterocycles. The van der Waals surface area contributed by atoms with E-state index >= 15 is 0 Å². The van der Waals surface area contributed by atoms with Gasteiger partial charge in [0.2, 0.25) is 5.91 Å². The van der Waals surface area contributed by atoms with Crippen LogP contribution in [0, 0.1) is 0 Å². The van der Waals surface area contributed by atoms with E-state index in [0.29, 0.717) is 38.2 Å². The third kappa shape index (κ3) is 4.38. The predicted octanol–water partition coefficient (Wildman–Crippen LogP) is 5.24. The van der Waals surface area contributed by atoms with Gasteiger partial charge in [0.15, 0.2) is 0 Å². The van der Waals surface area contributed by atoms with E-state index in [1.54, 1.807) is 18.0 Å². The zero-order valence-corrected chi connectivity index (χ0v) is 17.1.